The highest BCUT2D eigenvalue weighted by molar-refractivity contribution is 9.09. The van der Waals surface area contributed by atoms with Gasteiger partial charge in [0.2, 0.25) is 0 Å². The van der Waals surface area contributed by atoms with E-state index in [0.717, 1.165) is 11.9 Å². The Morgan fingerprint density at radius 3 is 3.00 bits per heavy atom. The lowest BCUT2D eigenvalue weighted by Crippen LogP contribution is -2.41. The molecule has 0 aromatic carbocycles. The van der Waals surface area contributed by atoms with Gasteiger partial charge >= 0.3 is 0 Å². The number of anilines is 1. The summed E-state index contributed by atoms with van der Waals surface area (Å²) >= 11 is 5.35. The first-order valence-corrected chi connectivity index (χ1v) is 8.05. The molecule has 3 rings (SSSR count). The summed E-state index contributed by atoms with van der Waals surface area (Å²) in [7, 11) is 0. The fraction of sp³-hybridized carbons (Fsp3) is 0.462. The molecule has 0 amide bonds. The van der Waals surface area contributed by atoms with Gasteiger partial charge in [0.15, 0.2) is 0 Å². The van der Waals surface area contributed by atoms with E-state index in [1.807, 2.05) is 6.20 Å². The van der Waals surface area contributed by atoms with Gasteiger partial charge in [-0.25, -0.2) is 4.98 Å². The van der Waals surface area contributed by atoms with E-state index >= 15 is 0 Å². The summed E-state index contributed by atoms with van der Waals surface area (Å²) in [4.78, 5) is 7.09. The Balaban J connectivity index is 2.01. The van der Waals surface area contributed by atoms with Crippen LogP contribution in [0.1, 0.15) is 19.3 Å². The summed E-state index contributed by atoms with van der Waals surface area (Å²) in [5.41, 5.74) is 0. The van der Waals surface area contributed by atoms with Gasteiger partial charge in [0.05, 0.1) is 0 Å². The highest BCUT2D eigenvalue weighted by atomic mass is 79.9. The molecular formula is C13H15BrN2S. The fourth-order valence-corrected chi connectivity index (χ4v) is 3.52. The molecule has 90 valence electrons. The van der Waals surface area contributed by atoms with E-state index < -0.39 is 0 Å². The molecule has 2 heterocycles. The van der Waals surface area contributed by atoms with E-state index in [1.165, 1.54) is 35.2 Å². The van der Waals surface area contributed by atoms with Gasteiger partial charge in [-0.1, -0.05) is 15.9 Å². The molecule has 0 unspecified atom stereocenters. The topological polar surface area (TPSA) is 16.1 Å². The summed E-state index contributed by atoms with van der Waals surface area (Å²) in [6.45, 7) is 1.05. The molecule has 0 radical (unpaired) electrons. The number of fused-ring (bicyclic) bond motifs is 1. The Labute approximate surface area is 114 Å². The number of hydrogen-bond donors (Lipinski definition) is 0. The Morgan fingerprint density at radius 2 is 2.29 bits per heavy atom. The van der Waals surface area contributed by atoms with Crippen molar-refractivity contribution in [1.29, 1.82) is 0 Å². The number of aromatic nitrogens is 1. The number of halogens is 1. The molecular weight excluding hydrogens is 296 g/mol. The molecule has 2 aromatic rings. The summed E-state index contributed by atoms with van der Waals surface area (Å²) in [5.74, 6) is 1.17. The van der Waals surface area contributed by atoms with Crippen LogP contribution in [-0.2, 0) is 0 Å². The van der Waals surface area contributed by atoms with Gasteiger partial charge in [-0.3, -0.25) is 0 Å². The standard InChI is InChI=1S/C13H15BrN2S/c14-6-8-16(10-2-1-3-10)13-11-5-9-17-12(11)4-7-15-13/h4-5,7,9-10H,1-3,6,8H2. The summed E-state index contributed by atoms with van der Waals surface area (Å²) < 4.78 is 1.34. The number of rotatable bonds is 4. The second-order valence-corrected chi connectivity index (χ2v) is 6.17. The SMILES string of the molecule is BrCCN(c1nccc2sccc12)C1CCC1. The van der Waals surface area contributed by atoms with E-state index in [2.05, 4.69) is 43.3 Å². The normalized spacial score (nSPS) is 16.1. The van der Waals surface area contributed by atoms with E-state index in [-0.39, 0.29) is 0 Å². The zero-order valence-electron chi connectivity index (χ0n) is 9.60. The van der Waals surface area contributed by atoms with E-state index in [1.54, 1.807) is 11.3 Å². The average molecular weight is 311 g/mol. The molecule has 4 heteroatoms. The molecule has 1 saturated carbocycles. The molecule has 1 aliphatic carbocycles. The van der Waals surface area contributed by atoms with Gasteiger partial charge < -0.3 is 4.90 Å². The smallest absolute Gasteiger partial charge is 0.137 e. The van der Waals surface area contributed by atoms with Crippen molar-refractivity contribution in [2.45, 2.75) is 25.3 Å². The lowest BCUT2D eigenvalue weighted by Gasteiger charge is -2.38. The van der Waals surface area contributed by atoms with Gasteiger partial charge in [-0.2, -0.15) is 0 Å². The van der Waals surface area contributed by atoms with Gasteiger partial charge in [-0.15, -0.1) is 11.3 Å². The number of hydrogen-bond acceptors (Lipinski definition) is 3. The summed E-state index contributed by atoms with van der Waals surface area (Å²) in [6.07, 6.45) is 5.93. The molecule has 2 aromatic heterocycles. The zero-order valence-corrected chi connectivity index (χ0v) is 12.0. The predicted octanol–water partition coefficient (Wildman–Crippen LogP) is 4.05. The fourth-order valence-electron chi connectivity index (χ4n) is 2.36. The molecule has 0 saturated heterocycles. The molecule has 0 bridgehead atoms. The van der Waals surface area contributed by atoms with Crippen molar-refractivity contribution in [3.05, 3.63) is 23.7 Å². The van der Waals surface area contributed by atoms with Crippen LogP contribution in [0.15, 0.2) is 23.7 Å². The first-order valence-electron chi connectivity index (χ1n) is 6.05. The third kappa shape index (κ3) is 2.08. The lowest BCUT2D eigenvalue weighted by molar-refractivity contribution is 0.390. The zero-order chi connectivity index (χ0) is 11.7. The Bertz CT molecular complexity index is 507. The van der Waals surface area contributed by atoms with Crippen molar-refractivity contribution in [3.8, 4) is 0 Å². The second-order valence-electron chi connectivity index (χ2n) is 4.43. The van der Waals surface area contributed by atoms with Crippen LogP contribution in [0.5, 0.6) is 0 Å². The monoisotopic (exact) mass is 310 g/mol. The molecule has 0 spiro atoms. The van der Waals surface area contributed by atoms with Crippen LogP contribution < -0.4 is 4.90 Å². The van der Waals surface area contributed by atoms with Crippen molar-refractivity contribution in [2.75, 3.05) is 16.8 Å². The van der Waals surface area contributed by atoms with Crippen LogP contribution >= 0.6 is 27.3 Å². The molecule has 1 aliphatic rings. The first-order chi connectivity index (χ1) is 8.40. The van der Waals surface area contributed by atoms with Gasteiger partial charge in [-0.05, 0) is 36.8 Å². The highest BCUT2D eigenvalue weighted by Crippen LogP contribution is 2.34. The van der Waals surface area contributed by atoms with Gasteiger partial charge in [0, 0.05) is 34.2 Å². The number of pyridine rings is 1. The van der Waals surface area contributed by atoms with Crippen molar-refractivity contribution in [1.82, 2.24) is 4.98 Å². The Morgan fingerprint density at radius 1 is 1.41 bits per heavy atom. The van der Waals surface area contributed by atoms with Crippen LogP contribution in [0, 0.1) is 0 Å². The predicted molar refractivity (Wildman–Crippen MR) is 78.4 cm³/mol. The average Bonchev–Trinajstić information content (AvgIpc) is 2.73. The largest absolute Gasteiger partial charge is 0.352 e. The van der Waals surface area contributed by atoms with Crippen molar-refractivity contribution in [3.63, 3.8) is 0 Å². The van der Waals surface area contributed by atoms with Gasteiger partial charge in [0.1, 0.15) is 5.82 Å². The van der Waals surface area contributed by atoms with Crippen molar-refractivity contribution >= 4 is 43.2 Å². The van der Waals surface area contributed by atoms with E-state index in [4.69, 9.17) is 0 Å². The summed E-state index contributed by atoms with van der Waals surface area (Å²) in [6, 6.07) is 5.00. The summed E-state index contributed by atoms with van der Waals surface area (Å²) in [5, 5.41) is 4.47. The number of thiophene rings is 1. The minimum atomic E-state index is 0.700. The maximum atomic E-state index is 4.61. The molecule has 1 fully saturated rings. The number of nitrogens with zero attached hydrogens (tertiary/aromatic N) is 2. The van der Waals surface area contributed by atoms with Crippen LogP contribution in [0.3, 0.4) is 0 Å². The van der Waals surface area contributed by atoms with Crippen molar-refractivity contribution in [2.24, 2.45) is 0 Å². The third-order valence-corrected chi connectivity index (χ3v) is 4.71. The maximum Gasteiger partial charge on any atom is 0.137 e. The van der Waals surface area contributed by atoms with E-state index in [9.17, 15) is 0 Å². The molecule has 2 nitrogen and oxygen atoms in total. The second kappa shape index (κ2) is 4.94. The maximum absolute atomic E-state index is 4.61. The van der Waals surface area contributed by atoms with Gasteiger partial charge in [0.25, 0.3) is 0 Å². The molecule has 0 atom stereocenters. The quantitative estimate of drug-likeness (QED) is 0.792. The first kappa shape index (κ1) is 11.5. The Kier molecular flexibility index (Phi) is 3.34. The molecule has 0 aliphatic heterocycles. The molecule has 17 heavy (non-hydrogen) atoms. The number of alkyl halides is 1. The third-order valence-electron chi connectivity index (χ3n) is 3.47. The lowest BCUT2D eigenvalue weighted by atomic mass is 9.91. The van der Waals surface area contributed by atoms with Crippen LogP contribution in [0.25, 0.3) is 10.1 Å². The van der Waals surface area contributed by atoms with Crippen LogP contribution in [0.2, 0.25) is 0 Å². The minimum Gasteiger partial charge on any atom is -0.352 e. The molecule has 0 N–H and O–H groups in total. The highest BCUT2D eigenvalue weighted by Gasteiger charge is 2.26. The van der Waals surface area contributed by atoms with Crippen LogP contribution in [0.4, 0.5) is 5.82 Å². The Hall–Kier alpha value is -0.610. The van der Waals surface area contributed by atoms with Crippen LogP contribution in [-0.4, -0.2) is 22.9 Å². The minimum absolute atomic E-state index is 0.700. The van der Waals surface area contributed by atoms with E-state index in [0.29, 0.717) is 6.04 Å². The van der Waals surface area contributed by atoms with Crippen molar-refractivity contribution < 1.29 is 0 Å².